The number of hydrogen-bond donors (Lipinski definition) is 1. The standard InChI is InChI=1S/C6H15N.HI/c1-3-5-6-7-4-2;/h7H,3-6H2,1-2H3;1H. The van der Waals surface area contributed by atoms with Crippen molar-refractivity contribution in [2.75, 3.05) is 13.1 Å². The fourth-order valence-electron chi connectivity index (χ4n) is 0.479. The summed E-state index contributed by atoms with van der Waals surface area (Å²) >= 11 is 0. The van der Waals surface area contributed by atoms with Crippen LogP contribution in [0.1, 0.15) is 26.7 Å². The van der Waals surface area contributed by atoms with Gasteiger partial charge in [-0.2, -0.15) is 0 Å². The van der Waals surface area contributed by atoms with Gasteiger partial charge < -0.3 is 5.32 Å². The molecule has 0 aromatic carbocycles. The third kappa shape index (κ3) is 9.85. The first-order chi connectivity index (χ1) is 3.41. The van der Waals surface area contributed by atoms with Crippen molar-refractivity contribution in [1.82, 2.24) is 5.32 Å². The third-order valence-electron chi connectivity index (χ3n) is 0.957. The minimum Gasteiger partial charge on any atom is -0.317 e. The molecule has 52 valence electrons. The molecule has 0 radical (unpaired) electrons. The number of nitrogens with one attached hydrogen (secondary N) is 1. The lowest BCUT2D eigenvalue weighted by atomic mass is 10.3. The third-order valence-corrected chi connectivity index (χ3v) is 0.957. The van der Waals surface area contributed by atoms with E-state index in [1.807, 2.05) is 0 Å². The van der Waals surface area contributed by atoms with Gasteiger partial charge >= 0.3 is 0 Å². The largest absolute Gasteiger partial charge is 0.317 e. The van der Waals surface area contributed by atoms with Crippen molar-refractivity contribution in [2.24, 2.45) is 0 Å². The average Bonchev–Trinajstić information content (AvgIpc) is 1.69. The molecular weight excluding hydrogens is 213 g/mol. The molecule has 0 aromatic rings. The molecule has 0 unspecified atom stereocenters. The molecule has 1 nitrogen and oxygen atoms in total. The maximum atomic E-state index is 3.25. The molecule has 0 bridgehead atoms. The number of halogens is 1. The lowest BCUT2D eigenvalue weighted by molar-refractivity contribution is 0.663. The van der Waals surface area contributed by atoms with Crippen molar-refractivity contribution < 1.29 is 0 Å². The average molecular weight is 229 g/mol. The molecule has 0 heterocycles. The van der Waals surface area contributed by atoms with Gasteiger partial charge in [-0.1, -0.05) is 20.3 Å². The van der Waals surface area contributed by atoms with E-state index in [0.717, 1.165) is 6.54 Å². The van der Waals surface area contributed by atoms with Gasteiger partial charge in [-0.3, -0.25) is 0 Å². The monoisotopic (exact) mass is 229 g/mol. The highest BCUT2D eigenvalue weighted by Crippen LogP contribution is 1.80. The first-order valence-electron chi connectivity index (χ1n) is 3.12. The predicted molar refractivity (Wildman–Crippen MR) is 48.9 cm³/mol. The molecule has 0 aliphatic heterocycles. The van der Waals surface area contributed by atoms with Crippen LogP contribution in [0.2, 0.25) is 0 Å². The normalized spacial score (nSPS) is 8.25. The van der Waals surface area contributed by atoms with E-state index in [1.165, 1.54) is 19.4 Å². The van der Waals surface area contributed by atoms with Crippen molar-refractivity contribution in [3.8, 4) is 0 Å². The molecular formula is C6H16IN. The van der Waals surface area contributed by atoms with Gasteiger partial charge in [-0.05, 0) is 19.5 Å². The molecule has 0 rings (SSSR count). The zero-order valence-corrected chi connectivity index (χ0v) is 8.07. The van der Waals surface area contributed by atoms with Crippen molar-refractivity contribution >= 4 is 24.0 Å². The summed E-state index contributed by atoms with van der Waals surface area (Å²) in [5, 5.41) is 3.25. The van der Waals surface area contributed by atoms with Gasteiger partial charge in [-0.25, -0.2) is 0 Å². The van der Waals surface area contributed by atoms with Crippen LogP contribution in [0, 0.1) is 0 Å². The maximum absolute atomic E-state index is 3.25. The Hall–Kier alpha value is 0.690. The lowest BCUT2D eigenvalue weighted by Gasteiger charge is -1.95. The van der Waals surface area contributed by atoms with Crippen LogP contribution in [0.4, 0.5) is 0 Å². The number of rotatable bonds is 4. The van der Waals surface area contributed by atoms with Gasteiger partial charge in [0.25, 0.3) is 0 Å². The molecule has 0 atom stereocenters. The van der Waals surface area contributed by atoms with Crippen LogP contribution in [0.25, 0.3) is 0 Å². The molecule has 0 spiro atoms. The van der Waals surface area contributed by atoms with Crippen LogP contribution in [0.3, 0.4) is 0 Å². The maximum Gasteiger partial charge on any atom is -0.00491 e. The minimum atomic E-state index is 0. The Morgan fingerprint density at radius 2 is 1.88 bits per heavy atom. The van der Waals surface area contributed by atoms with E-state index in [1.54, 1.807) is 0 Å². The Morgan fingerprint density at radius 1 is 1.25 bits per heavy atom. The summed E-state index contributed by atoms with van der Waals surface area (Å²) in [6.07, 6.45) is 2.61. The van der Waals surface area contributed by atoms with E-state index in [0.29, 0.717) is 0 Å². The first-order valence-corrected chi connectivity index (χ1v) is 3.12. The van der Waals surface area contributed by atoms with E-state index in [2.05, 4.69) is 19.2 Å². The molecule has 0 amide bonds. The van der Waals surface area contributed by atoms with Crippen LogP contribution in [0.15, 0.2) is 0 Å². The summed E-state index contributed by atoms with van der Waals surface area (Å²) in [5.41, 5.74) is 0. The highest BCUT2D eigenvalue weighted by atomic mass is 127. The van der Waals surface area contributed by atoms with E-state index in [-0.39, 0.29) is 24.0 Å². The van der Waals surface area contributed by atoms with Crippen LogP contribution < -0.4 is 5.32 Å². The van der Waals surface area contributed by atoms with Crippen LogP contribution >= 0.6 is 24.0 Å². The Balaban J connectivity index is 0. The number of unbranched alkanes of at least 4 members (excludes halogenated alkanes) is 1. The van der Waals surface area contributed by atoms with Gasteiger partial charge in [-0.15, -0.1) is 24.0 Å². The summed E-state index contributed by atoms with van der Waals surface area (Å²) in [5.74, 6) is 0. The van der Waals surface area contributed by atoms with Crippen molar-refractivity contribution in [3.63, 3.8) is 0 Å². The van der Waals surface area contributed by atoms with Gasteiger partial charge in [0.05, 0.1) is 0 Å². The predicted octanol–water partition coefficient (Wildman–Crippen LogP) is 2.01. The van der Waals surface area contributed by atoms with Crippen LogP contribution in [0.5, 0.6) is 0 Å². The topological polar surface area (TPSA) is 12.0 Å². The zero-order chi connectivity index (χ0) is 5.54. The van der Waals surface area contributed by atoms with E-state index in [4.69, 9.17) is 0 Å². The highest BCUT2D eigenvalue weighted by molar-refractivity contribution is 14.0. The summed E-state index contributed by atoms with van der Waals surface area (Å²) in [6, 6.07) is 0. The molecule has 0 saturated heterocycles. The fraction of sp³-hybridized carbons (Fsp3) is 1.00. The molecule has 0 aliphatic carbocycles. The summed E-state index contributed by atoms with van der Waals surface area (Å²) in [4.78, 5) is 0. The molecule has 0 aliphatic rings. The molecule has 0 fully saturated rings. The molecule has 1 N–H and O–H groups in total. The fourth-order valence-corrected chi connectivity index (χ4v) is 0.479. The first kappa shape index (κ1) is 11.5. The lowest BCUT2D eigenvalue weighted by Crippen LogP contribution is -2.13. The van der Waals surface area contributed by atoms with Crippen molar-refractivity contribution in [1.29, 1.82) is 0 Å². The van der Waals surface area contributed by atoms with E-state index >= 15 is 0 Å². The van der Waals surface area contributed by atoms with Crippen LogP contribution in [-0.4, -0.2) is 13.1 Å². The second-order valence-corrected chi connectivity index (χ2v) is 1.71. The quantitative estimate of drug-likeness (QED) is 0.574. The Kier molecular flexibility index (Phi) is 15.3. The Morgan fingerprint density at radius 3 is 2.25 bits per heavy atom. The molecule has 8 heavy (non-hydrogen) atoms. The zero-order valence-electron chi connectivity index (χ0n) is 5.74. The van der Waals surface area contributed by atoms with Gasteiger partial charge in [0.1, 0.15) is 0 Å². The summed E-state index contributed by atoms with van der Waals surface area (Å²) < 4.78 is 0. The van der Waals surface area contributed by atoms with Gasteiger partial charge in [0.15, 0.2) is 0 Å². The van der Waals surface area contributed by atoms with Crippen molar-refractivity contribution in [3.05, 3.63) is 0 Å². The molecule has 0 aromatic heterocycles. The van der Waals surface area contributed by atoms with Crippen LogP contribution in [-0.2, 0) is 0 Å². The van der Waals surface area contributed by atoms with E-state index in [9.17, 15) is 0 Å². The van der Waals surface area contributed by atoms with E-state index < -0.39 is 0 Å². The van der Waals surface area contributed by atoms with Crippen molar-refractivity contribution in [2.45, 2.75) is 26.7 Å². The Labute approximate surface area is 69.3 Å². The van der Waals surface area contributed by atoms with Gasteiger partial charge in [0.2, 0.25) is 0 Å². The second kappa shape index (κ2) is 10.6. The Bertz CT molecular complexity index is 27.7. The minimum absolute atomic E-state index is 0. The second-order valence-electron chi connectivity index (χ2n) is 1.71. The smallest absolute Gasteiger partial charge is 0.00491 e. The highest BCUT2D eigenvalue weighted by Gasteiger charge is 1.77. The summed E-state index contributed by atoms with van der Waals surface area (Å²) in [6.45, 7) is 6.64. The molecule has 0 saturated carbocycles. The SMILES string of the molecule is CCCCNCC.I. The summed E-state index contributed by atoms with van der Waals surface area (Å²) in [7, 11) is 0. The molecule has 2 heteroatoms. The number of hydrogen-bond acceptors (Lipinski definition) is 1. The van der Waals surface area contributed by atoms with Gasteiger partial charge in [0, 0.05) is 0 Å².